The minimum absolute atomic E-state index is 0.106. The van der Waals surface area contributed by atoms with Crippen LogP contribution in [0.5, 0.6) is 5.75 Å². The Balaban J connectivity index is 1.53. The Morgan fingerprint density at radius 3 is 2.44 bits per heavy atom. The lowest BCUT2D eigenvalue weighted by atomic mass is 10.0. The average Bonchev–Trinajstić information content (AvgIpc) is 2.80. The molecule has 172 valence electrons. The van der Waals surface area contributed by atoms with Crippen molar-refractivity contribution < 1.29 is 27.5 Å². The molecular formula is C23H28N2O6S. The second-order valence-corrected chi connectivity index (χ2v) is 9.65. The molecule has 1 fully saturated rings. The number of amides is 1. The molecule has 1 heterocycles. The molecule has 1 aliphatic rings. The number of sulfonamides is 1. The third-order valence-corrected chi connectivity index (χ3v) is 7.19. The molecule has 0 radical (unpaired) electrons. The van der Waals surface area contributed by atoms with Crippen molar-refractivity contribution in [3.05, 3.63) is 54.1 Å². The summed E-state index contributed by atoms with van der Waals surface area (Å²) in [4.78, 5) is 24.1. The third kappa shape index (κ3) is 6.08. The lowest BCUT2D eigenvalue weighted by Crippen LogP contribution is -2.42. The molecule has 2 aromatic rings. The number of carbonyl (C=O) groups is 2. The monoisotopic (exact) mass is 460 g/mol. The normalized spacial score (nSPS) is 16.9. The van der Waals surface area contributed by atoms with E-state index >= 15 is 0 Å². The van der Waals surface area contributed by atoms with E-state index in [1.807, 2.05) is 31.2 Å². The number of hydrogen-bond donors (Lipinski definition) is 1. The molecule has 0 aromatic heterocycles. The van der Waals surface area contributed by atoms with Gasteiger partial charge in [0.05, 0.1) is 31.0 Å². The van der Waals surface area contributed by atoms with Crippen LogP contribution in [-0.4, -0.2) is 51.4 Å². The van der Waals surface area contributed by atoms with Crippen LogP contribution < -0.4 is 10.1 Å². The number of piperidine rings is 1. The van der Waals surface area contributed by atoms with E-state index < -0.39 is 21.9 Å². The van der Waals surface area contributed by atoms with Crippen molar-refractivity contribution in [1.82, 2.24) is 4.31 Å². The Hall–Kier alpha value is -2.91. The highest BCUT2D eigenvalue weighted by Gasteiger charge is 2.33. The number of ether oxygens (including phenoxy) is 2. The van der Waals surface area contributed by atoms with Gasteiger partial charge in [0.2, 0.25) is 15.9 Å². The Bertz CT molecular complexity index is 1040. The van der Waals surface area contributed by atoms with Crippen LogP contribution >= 0.6 is 0 Å². The Morgan fingerprint density at radius 1 is 1.09 bits per heavy atom. The fourth-order valence-electron chi connectivity index (χ4n) is 3.50. The van der Waals surface area contributed by atoms with E-state index in [2.05, 4.69) is 5.32 Å². The van der Waals surface area contributed by atoms with E-state index in [1.54, 1.807) is 12.1 Å². The summed E-state index contributed by atoms with van der Waals surface area (Å²) in [6, 6.07) is 13.6. The molecule has 32 heavy (non-hydrogen) atoms. The van der Waals surface area contributed by atoms with Crippen molar-refractivity contribution in [3.8, 4) is 5.75 Å². The van der Waals surface area contributed by atoms with Gasteiger partial charge in [0.15, 0.2) is 0 Å². The molecule has 0 saturated carbocycles. The summed E-state index contributed by atoms with van der Waals surface area (Å²) in [6.45, 7) is 2.68. The Morgan fingerprint density at radius 2 is 1.78 bits per heavy atom. The minimum atomic E-state index is -3.74. The summed E-state index contributed by atoms with van der Waals surface area (Å²) < 4.78 is 37.5. The van der Waals surface area contributed by atoms with Gasteiger partial charge in [-0.15, -0.1) is 0 Å². The van der Waals surface area contributed by atoms with Gasteiger partial charge in [-0.1, -0.05) is 17.7 Å². The fourth-order valence-corrected chi connectivity index (χ4v) is 5.02. The number of methoxy groups -OCH3 is 1. The Kier molecular flexibility index (Phi) is 7.87. The molecule has 0 aliphatic carbocycles. The summed E-state index contributed by atoms with van der Waals surface area (Å²) >= 11 is 0. The summed E-state index contributed by atoms with van der Waals surface area (Å²) in [5.74, 6) is -0.381. The van der Waals surface area contributed by atoms with Gasteiger partial charge in [0.1, 0.15) is 5.75 Å². The van der Waals surface area contributed by atoms with Gasteiger partial charge >= 0.3 is 5.97 Å². The standard InChI is InChI=1S/C23H28N2O6S/c1-17-5-9-20(10-6-17)31-15-13-22(26)24-19-7-11-21(12-8-19)32(28,29)25-14-3-4-18(16-25)23(27)30-2/h5-12,18H,3-4,13-16H2,1-2H3,(H,24,26). The zero-order valence-electron chi connectivity index (χ0n) is 18.2. The predicted octanol–water partition coefficient (Wildman–Crippen LogP) is 2.98. The maximum atomic E-state index is 12.9. The molecule has 1 atom stereocenters. The van der Waals surface area contributed by atoms with Crippen molar-refractivity contribution in [2.24, 2.45) is 5.92 Å². The SMILES string of the molecule is COC(=O)C1CCCN(S(=O)(=O)c2ccc(NC(=O)CCOc3ccc(C)cc3)cc2)C1. The quantitative estimate of drug-likeness (QED) is 0.608. The predicted molar refractivity (Wildman–Crippen MR) is 120 cm³/mol. The number of rotatable bonds is 8. The van der Waals surface area contributed by atoms with E-state index in [0.29, 0.717) is 30.8 Å². The fraction of sp³-hybridized carbons (Fsp3) is 0.391. The number of aryl methyl sites for hydroxylation is 1. The average molecular weight is 461 g/mol. The molecule has 1 amide bonds. The first-order valence-corrected chi connectivity index (χ1v) is 11.9. The van der Waals surface area contributed by atoms with Crippen LogP contribution in [0.2, 0.25) is 0 Å². The maximum Gasteiger partial charge on any atom is 0.309 e. The summed E-state index contributed by atoms with van der Waals surface area (Å²) in [5.41, 5.74) is 1.62. The van der Waals surface area contributed by atoms with Gasteiger partial charge in [0, 0.05) is 18.8 Å². The summed E-state index contributed by atoms with van der Waals surface area (Å²) in [7, 11) is -2.43. The first kappa shape index (κ1) is 23.7. The second-order valence-electron chi connectivity index (χ2n) is 7.71. The van der Waals surface area contributed by atoms with E-state index in [9.17, 15) is 18.0 Å². The number of nitrogens with one attached hydrogen (secondary N) is 1. The molecule has 9 heteroatoms. The van der Waals surface area contributed by atoms with Gasteiger partial charge in [-0.05, 0) is 56.2 Å². The van der Waals surface area contributed by atoms with Crippen LogP contribution in [0.15, 0.2) is 53.4 Å². The highest BCUT2D eigenvalue weighted by Crippen LogP contribution is 2.25. The van der Waals surface area contributed by atoms with Crippen molar-refractivity contribution in [1.29, 1.82) is 0 Å². The van der Waals surface area contributed by atoms with Crippen molar-refractivity contribution >= 4 is 27.6 Å². The number of nitrogens with zero attached hydrogens (tertiary/aromatic N) is 1. The molecule has 1 unspecified atom stereocenters. The molecule has 8 nitrogen and oxygen atoms in total. The van der Waals surface area contributed by atoms with Gasteiger partial charge < -0.3 is 14.8 Å². The van der Waals surface area contributed by atoms with Crippen LogP contribution in [0.25, 0.3) is 0 Å². The third-order valence-electron chi connectivity index (χ3n) is 5.31. The van der Waals surface area contributed by atoms with Gasteiger partial charge in [-0.25, -0.2) is 8.42 Å². The molecule has 1 N–H and O–H groups in total. The van der Waals surface area contributed by atoms with Crippen molar-refractivity contribution in [2.45, 2.75) is 31.1 Å². The molecule has 1 aliphatic heterocycles. The van der Waals surface area contributed by atoms with Crippen LogP contribution in [0.4, 0.5) is 5.69 Å². The van der Waals surface area contributed by atoms with Crippen molar-refractivity contribution in [3.63, 3.8) is 0 Å². The maximum absolute atomic E-state index is 12.9. The highest BCUT2D eigenvalue weighted by atomic mass is 32.2. The van der Waals surface area contributed by atoms with Crippen LogP contribution in [0.1, 0.15) is 24.8 Å². The van der Waals surface area contributed by atoms with E-state index in [4.69, 9.17) is 9.47 Å². The molecule has 0 bridgehead atoms. The summed E-state index contributed by atoms with van der Waals surface area (Å²) in [6.07, 6.45) is 1.37. The van der Waals surface area contributed by atoms with Gasteiger partial charge in [-0.3, -0.25) is 9.59 Å². The highest BCUT2D eigenvalue weighted by molar-refractivity contribution is 7.89. The lowest BCUT2D eigenvalue weighted by molar-refractivity contribution is -0.146. The van der Waals surface area contributed by atoms with E-state index in [1.165, 1.54) is 23.5 Å². The zero-order valence-corrected chi connectivity index (χ0v) is 19.1. The zero-order chi connectivity index (χ0) is 23.1. The number of benzene rings is 2. The Labute approximate surface area is 188 Å². The number of esters is 1. The van der Waals surface area contributed by atoms with Gasteiger partial charge in [0.25, 0.3) is 0 Å². The first-order valence-electron chi connectivity index (χ1n) is 10.5. The molecule has 1 saturated heterocycles. The largest absolute Gasteiger partial charge is 0.493 e. The molecule has 3 rings (SSSR count). The van der Waals surface area contributed by atoms with Crippen molar-refractivity contribution in [2.75, 3.05) is 32.1 Å². The summed E-state index contributed by atoms with van der Waals surface area (Å²) in [5, 5.41) is 2.74. The number of hydrogen-bond acceptors (Lipinski definition) is 6. The number of anilines is 1. The minimum Gasteiger partial charge on any atom is -0.493 e. The number of carbonyl (C=O) groups excluding carboxylic acids is 2. The van der Waals surface area contributed by atoms with Crippen LogP contribution in [0, 0.1) is 12.8 Å². The van der Waals surface area contributed by atoms with E-state index in [-0.39, 0.29) is 30.4 Å². The molecule has 2 aromatic carbocycles. The smallest absolute Gasteiger partial charge is 0.309 e. The topological polar surface area (TPSA) is 102 Å². The lowest BCUT2D eigenvalue weighted by Gasteiger charge is -2.30. The molecule has 0 spiro atoms. The first-order chi connectivity index (χ1) is 15.3. The van der Waals surface area contributed by atoms with E-state index in [0.717, 1.165) is 5.56 Å². The van der Waals surface area contributed by atoms with Crippen LogP contribution in [0.3, 0.4) is 0 Å². The van der Waals surface area contributed by atoms with Crippen LogP contribution in [-0.2, 0) is 24.3 Å². The molecular weight excluding hydrogens is 432 g/mol. The van der Waals surface area contributed by atoms with Gasteiger partial charge in [-0.2, -0.15) is 4.31 Å². The second kappa shape index (κ2) is 10.6.